The predicted octanol–water partition coefficient (Wildman–Crippen LogP) is 4.43. The fourth-order valence-corrected chi connectivity index (χ4v) is 3.05. The summed E-state index contributed by atoms with van der Waals surface area (Å²) in [5.41, 5.74) is 0.817. The number of carbonyl (C=O) groups excluding carboxylic acids is 1. The van der Waals surface area contributed by atoms with Crippen LogP contribution in [-0.2, 0) is 0 Å². The smallest absolute Gasteiger partial charge is 0.255 e. The van der Waals surface area contributed by atoms with Crippen molar-refractivity contribution in [1.82, 2.24) is 9.88 Å². The van der Waals surface area contributed by atoms with Crippen molar-refractivity contribution in [2.45, 2.75) is 45.6 Å². The van der Waals surface area contributed by atoms with Crippen LogP contribution in [0.2, 0.25) is 10.2 Å². The summed E-state index contributed by atoms with van der Waals surface area (Å²) in [5.74, 6) is -0.0796. The first-order valence-electron chi connectivity index (χ1n) is 6.88. The largest absolute Gasteiger partial charge is 0.339 e. The quantitative estimate of drug-likeness (QED) is 0.757. The number of halogens is 2. The average molecular weight is 315 g/mol. The molecule has 0 bridgehead atoms. The maximum absolute atomic E-state index is 12.5. The summed E-state index contributed by atoms with van der Waals surface area (Å²) in [4.78, 5) is 18.2. The van der Waals surface area contributed by atoms with E-state index in [1.165, 1.54) is 12.3 Å². The van der Waals surface area contributed by atoms with Crippen LogP contribution in [0.15, 0.2) is 12.3 Å². The molecule has 20 heavy (non-hydrogen) atoms. The second kappa shape index (κ2) is 5.90. The van der Waals surface area contributed by atoms with E-state index in [9.17, 15) is 4.79 Å². The van der Waals surface area contributed by atoms with Gasteiger partial charge < -0.3 is 4.90 Å². The van der Waals surface area contributed by atoms with E-state index in [1.807, 2.05) is 7.05 Å². The summed E-state index contributed by atoms with van der Waals surface area (Å²) in [5, 5.41) is 0.637. The van der Waals surface area contributed by atoms with Crippen molar-refractivity contribution < 1.29 is 4.79 Å². The van der Waals surface area contributed by atoms with Gasteiger partial charge in [-0.1, -0.05) is 37.0 Å². The second-order valence-corrected chi connectivity index (χ2v) is 7.09. The minimum atomic E-state index is -0.0796. The Kier molecular flexibility index (Phi) is 4.60. The Balaban J connectivity index is 2.11. The third-order valence-corrected chi connectivity index (χ3v) is 4.74. The molecule has 1 aromatic rings. The topological polar surface area (TPSA) is 33.2 Å². The molecule has 3 nitrogen and oxygen atoms in total. The lowest BCUT2D eigenvalue weighted by molar-refractivity contribution is 0.0635. The van der Waals surface area contributed by atoms with Gasteiger partial charge in [0, 0.05) is 19.3 Å². The van der Waals surface area contributed by atoms with Gasteiger partial charge in [-0.15, -0.1) is 0 Å². The number of hydrogen-bond acceptors (Lipinski definition) is 2. The predicted molar refractivity (Wildman–Crippen MR) is 82.4 cm³/mol. The molecule has 0 spiro atoms. The van der Waals surface area contributed by atoms with Crippen molar-refractivity contribution in [1.29, 1.82) is 0 Å². The standard InChI is InChI=1S/C15H20Cl2N2O/c1-15(2)6-4-10(5-7-15)19(3)14(20)11-8-13(17)18-9-12(11)16/h8-10H,4-7H2,1-3H3. The zero-order valence-corrected chi connectivity index (χ0v) is 13.6. The summed E-state index contributed by atoms with van der Waals surface area (Å²) in [6, 6.07) is 1.81. The number of rotatable bonds is 2. The van der Waals surface area contributed by atoms with Gasteiger partial charge in [-0.3, -0.25) is 4.79 Å². The maximum Gasteiger partial charge on any atom is 0.255 e. The minimum absolute atomic E-state index is 0.0796. The van der Waals surface area contributed by atoms with Crippen LogP contribution < -0.4 is 0 Å². The Bertz CT molecular complexity index is 507. The number of carbonyl (C=O) groups is 1. The van der Waals surface area contributed by atoms with Gasteiger partial charge in [0.2, 0.25) is 0 Å². The molecule has 2 rings (SSSR count). The molecule has 0 radical (unpaired) electrons. The van der Waals surface area contributed by atoms with Crippen molar-refractivity contribution in [3.8, 4) is 0 Å². The molecule has 1 heterocycles. The lowest BCUT2D eigenvalue weighted by Gasteiger charge is -2.38. The number of amides is 1. The van der Waals surface area contributed by atoms with Crippen molar-refractivity contribution in [2.75, 3.05) is 7.05 Å². The summed E-state index contributed by atoms with van der Waals surface area (Å²) >= 11 is 11.9. The SMILES string of the molecule is CN(C(=O)c1cc(Cl)ncc1Cl)C1CCC(C)(C)CC1. The molecule has 1 aromatic heterocycles. The fourth-order valence-electron chi connectivity index (χ4n) is 2.70. The molecule has 1 amide bonds. The summed E-state index contributed by atoms with van der Waals surface area (Å²) in [6.07, 6.45) is 5.77. The highest BCUT2D eigenvalue weighted by molar-refractivity contribution is 6.35. The van der Waals surface area contributed by atoms with Gasteiger partial charge >= 0.3 is 0 Å². The molecule has 0 saturated heterocycles. The van der Waals surface area contributed by atoms with Gasteiger partial charge in [-0.05, 0) is 37.2 Å². The highest BCUT2D eigenvalue weighted by atomic mass is 35.5. The zero-order chi connectivity index (χ0) is 14.9. The van der Waals surface area contributed by atoms with Gasteiger partial charge in [-0.25, -0.2) is 4.98 Å². The van der Waals surface area contributed by atoms with E-state index >= 15 is 0 Å². The third kappa shape index (κ3) is 3.44. The van der Waals surface area contributed by atoms with E-state index in [0.29, 0.717) is 16.0 Å². The normalized spacial score (nSPS) is 18.9. The van der Waals surface area contributed by atoms with Crippen molar-refractivity contribution >= 4 is 29.1 Å². The first kappa shape index (κ1) is 15.6. The number of aromatic nitrogens is 1. The molecule has 1 aliphatic carbocycles. The van der Waals surface area contributed by atoms with Crippen LogP contribution in [0, 0.1) is 5.41 Å². The van der Waals surface area contributed by atoms with Gasteiger partial charge in [0.25, 0.3) is 5.91 Å². The minimum Gasteiger partial charge on any atom is -0.339 e. The molecular formula is C15H20Cl2N2O. The Labute approximate surface area is 130 Å². The molecule has 1 saturated carbocycles. The van der Waals surface area contributed by atoms with Gasteiger partial charge in [0.15, 0.2) is 0 Å². The molecule has 5 heteroatoms. The van der Waals surface area contributed by atoms with E-state index in [0.717, 1.165) is 25.7 Å². The van der Waals surface area contributed by atoms with Gasteiger partial charge in [0.1, 0.15) is 5.15 Å². The van der Waals surface area contributed by atoms with Crippen LogP contribution in [0.1, 0.15) is 49.9 Å². The first-order valence-corrected chi connectivity index (χ1v) is 7.64. The van der Waals surface area contributed by atoms with Crippen LogP contribution >= 0.6 is 23.2 Å². The average Bonchev–Trinajstić information content (AvgIpc) is 2.40. The molecule has 1 fully saturated rings. The summed E-state index contributed by atoms with van der Waals surface area (Å²) in [6.45, 7) is 4.56. The monoisotopic (exact) mass is 314 g/mol. The van der Waals surface area contributed by atoms with Crippen LogP contribution in [0.5, 0.6) is 0 Å². The fraction of sp³-hybridized carbons (Fsp3) is 0.600. The highest BCUT2D eigenvalue weighted by Gasteiger charge is 2.31. The molecule has 0 aromatic carbocycles. The highest BCUT2D eigenvalue weighted by Crippen LogP contribution is 2.37. The molecule has 0 N–H and O–H groups in total. The second-order valence-electron chi connectivity index (χ2n) is 6.30. The van der Waals surface area contributed by atoms with E-state index in [4.69, 9.17) is 23.2 Å². The lowest BCUT2D eigenvalue weighted by Crippen LogP contribution is -2.41. The molecule has 0 aliphatic heterocycles. The van der Waals surface area contributed by atoms with Gasteiger partial charge in [0.05, 0.1) is 10.6 Å². The zero-order valence-electron chi connectivity index (χ0n) is 12.1. The third-order valence-electron chi connectivity index (χ3n) is 4.23. The Morgan fingerprint density at radius 1 is 1.35 bits per heavy atom. The Hall–Kier alpha value is -0.800. The Morgan fingerprint density at radius 3 is 2.55 bits per heavy atom. The van der Waals surface area contributed by atoms with E-state index in [2.05, 4.69) is 18.8 Å². The van der Waals surface area contributed by atoms with Crippen LogP contribution in [0.25, 0.3) is 0 Å². The molecular weight excluding hydrogens is 295 g/mol. The van der Waals surface area contributed by atoms with Crippen LogP contribution in [0.4, 0.5) is 0 Å². The van der Waals surface area contributed by atoms with Crippen molar-refractivity contribution in [2.24, 2.45) is 5.41 Å². The number of pyridine rings is 1. The van der Waals surface area contributed by atoms with E-state index < -0.39 is 0 Å². The lowest BCUT2D eigenvalue weighted by atomic mass is 9.75. The maximum atomic E-state index is 12.5. The molecule has 1 aliphatic rings. The summed E-state index contributed by atoms with van der Waals surface area (Å²) in [7, 11) is 1.84. The van der Waals surface area contributed by atoms with E-state index in [1.54, 1.807) is 4.90 Å². The number of hydrogen-bond donors (Lipinski definition) is 0. The molecule has 0 unspecified atom stereocenters. The van der Waals surface area contributed by atoms with Gasteiger partial charge in [-0.2, -0.15) is 0 Å². The molecule has 110 valence electrons. The van der Waals surface area contributed by atoms with E-state index in [-0.39, 0.29) is 17.1 Å². The molecule has 0 atom stereocenters. The first-order chi connectivity index (χ1) is 9.30. The van der Waals surface area contributed by atoms with Crippen molar-refractivity contribution in [3.05, 3.63) is 28.0 Å². The van der Waals surface area contributed by atoms with Crippen LogP contribution in [0.3, 0.4) is 0 Å². The van der Waals surface area contributed by atoms with Crippen LogP contribution in [-0.4, -0.2) is 28.9 Å². The summed E-state index contributed by atoms with van der Waals surface area (Å²) < 4.78 is 0. The Morgan fingerprint density at radius 2 is 1.95 bits per heavy atom. The number of nitrogens with zero attached hydrogens (tertiary/aromatic N) is 2. The van der Waals surface area contributed by atoms with Crippen molar-refractivity contribution in [3.63, 3.8) is 0 Å².